The third kappa shape index (κ3) is 6.34. The van der Waals surface area contributed by atoms with Crippen LogP contribution in [0.4, 0.5) is 9.93 Å². The van der Waals surface area contributed by atoms with Gasteiger partial charge in [-0.3, -0.25) is 5.32 Å². The monoisotopic (exact) mass is 299 g/mol. The van der Waals surface area contributed by atoms with Gasteiger partial charge >= 0.3 is 6.03 Å². The number of rotatable bonds is 8. The first-order chi connectivity index (χ1) is 9.55. The number of aromatic nitrogens is 1. The minimum absolute atomic E-state index is 0.160. The second-order valence-electron chi connectivity index (χ2n) is 5.34. The summed E-state index contributed by atoms with van der Waals surface area (Å²) in [6.07, 6.45) is 2.58. The van der Waals surface area contributed by atoms with Crippen molar-refractivity contribution in [2.24, 2.45) is 11.8 Å². The topological polar surface area (TPSA) is 74.2 Å². The number of carbonyl (C=O) groups is 1. The van der Waals surface area contributed by atoms with E-state index in [1.807, 2.05) is 12.3 Å². The van der Waals surface area contributed by atoms with Gasteiger partial charge in [0, 0.05) is 18.5 Å². The molecule has 2 amide bonds. The highest BCUT2D eigenvalue weighted by Crippen LogP contribution is 2.16. The van der Waals surface area contributed by atoms with Crippen molar-refractivity contribution in [1.29, 1.82) is 0 Å². The van der Waals surface area contributed by atoms with E-state index in [1.165, 1.54) is 11.3 Å². The van der Waals surface area contributed by atoms with Gasteiger partial charge in [-0.2, -0.15) is 0 Å². The van der Waals surface area contributed by atoms with Crippen LogP contribution in [0.15, 0.2) is 5.38 Å². The molecule has 0 fully saturated rings. The lowest BCUT2D eigenvalue weighted by molar-refractivity contribution is 0.231. The molecule has 1 unspecified atom stereocenters. The fourth-order valence-corrected chi connectivity index (χ4v) is 2.85. The predicted octanol–water partition coefficient (Wildman–Crippen LogP) is 2.87. The number of thiazole rings is 1. The molecule has 0 radical (unpaired) electrons. The summed E-state index contributed by atoms with van der Waals surface area (Å²) in [4.78, 5) is 16.1. The molecule has 1 atom stereocenters. The normalized spacial score (nSPS) is 12.4. The summed E-state index contributed by atoms with van der Waals surface area (Å²) in [5.74, 6) is 0.871. The molecule has 1 rings (SSSR count). The molecule has 0 bridgehead atoms. The summed E-state index contributed by atoms with van der Waals surface area (Å²) in [5, 5.41) is 17.2. The molecule has 0 saturated carbocycles. The van der Waals surface area contributed by atoms with Crippen LogP contribution in [0.5, 0.6) is 0 Å². The van der Waals surface area contributed by atoms with Gasteiger partial charge in [-0.15, -0.1) is 11.3 Å². The van der Waals surface area contributed by atoms with Crippen molar-refractivity contribution >= 4 is 22.5 Å². The van der Waals surface area contributed by atoms with Gasteiger partial charge in [0.25, 0.3) is 0 Å². The third-order valence-corrected chi connectivity index (χ3v) is 3.83. The Bertz CT molecular complexity index is 407. The molecule has 0 aliphatic carbocycles. The first kappa shape index (κ1) is 16.9. The number of aliphatic hydroxyl groups excluding tert-OH is 1. The van der Waals surface area contributed by atoms with Crippen molar-refractivity contribution in [1.82, 2.24) is 10.3 Å². The van der Waals surface area contributed by atoms with Crippen LogP contribution in [0, 0.1) is 11.8 Å². The molecule has 5 nitrogen and oxygen atoms in total. The molecule has 1 heterocycles. The number of hydrogen-bond donors (Lipinski definition) is 3. The molecular formula is C14H25N3O2S. The van der Waals surface area contributed by atoms with E-state index in [0.29, 0.717) is 23.5 Å². The number of hydrogen-bond acceptors (Lipinski definition) is 4. The lowest BCUT2D eigenvalue weighted by atomic mass is 9.94. The lowest BCUT2D eigenvalue weighted by Crippen LogP contribution is -2.33. The molecule has 6 heteroatoms. The van der Waals surface area contributed by atoms with Crippen molar-refractivity contribution in [2.75, 3.05) is 18.5 Å². The van der Waals surface area contributed by atoms with Crippen LogP contribution in [-0.4, -0.2) is 29.3 Å². The minimum atomic E-state index is -0.228. The molecule has 1 aromatic heterocycles. The maximum atomic E-state index is 11.8. The van der Waals surface area contributed by atoms with Crippen molar-refractivity contribution in [2.45, 2.75) is 40.0 Å². The van der Waals surface area contributed by atoms with Gasteiger partial charge in [-0.25, -0.2) is 9.78 Å². The van der Waals surface area contributed by atoms with Crippen LogP contribution in [0.2, 0.25) is 0 Å². The maximum absolute atomic E-state index is 11.8. The van der Waals surface area contributed by atoms with Crippen molar-refractivity contribution in [3.63, 3.8) is 0 Å². The Morgan fingerprint density at radius 2 is 2.25 bits per heavy atom. The van der Waals surface area contributed by atoms with Crippen LogP contribution in [0.1, 0.15) is 39.3 Å². The number of nitrogens with one attached hydrogen (secondary N) is 2. The van der Waals surface area contributed by atoms with E-state index < -0.39 is 0 Å². The Kier molecular flexibility index (Phi) is 7.54. The van der Waals surface area contributed by atoms with Crippen LogP contribution < -0.4 is 10.6 Å². The SMILES string of the molecule is CCc1csc(NC(=O)NCC(CCO)CC(C)C)n1. The number of amides is 2. The van der Waals surface area contributed by atoms with Crippen molar-refractivity contribution in [3.05, 3.63) is 11.1 Å². The molecule has 0 spiro atoms. The number of carbonyl (C=O) groups excluding carboxylic acids is 1. The molecule has 3 N–H and O–H groups in total. The Morgan fingerprint density at radius 1 is 1.50 bits per heavy atom. The van der Waals surface area contributed by atoms with Gasteiger partial charge in [0.1, 0.15) is 0 Å². The van der Waals surface area contributed by atoms with Crippen molar-refractivity contribution < 1.29 is 9.90 Å². The average molecular weight is 299 g/mol. The Balaban J connectivity index is 2.36. The smallest absolute Gasteiger partial charge is 0.321 e. The van der Waals surface area contributed by atoms with Gasteiger partial charge in [-0.1, -0.05) is 20.8 Å². The van der Waals surface area contributed by atoms with Crippen LogP contribution in [0.25, 0.3) is 0 Å². The minimum Gasteiger partial charge on any atom is -0.396 e. The maximum Gasteiger partial charge on any atom is 0.321 e. The zero-order valence-corrected chi connectivity index (χ0v) is 13.3. The summed E-state index contributed by atoms with van der Waals surface area (Å²) in [6, 6.07) is -0.228. The lowest BCUT2D eigenvalue weighted by Gasteiger charge is -2.18. The van der Waals surface area contributed by atoms with Crippen molar-refractivity contribution in [3.8, 4) is 0 Å². The molecule has 20 heavy (non-hydrogen) atoms. The third-order valence-electron chi connectivity index (χ3n) is 3.03. The van der Waals surface area contributed by atoms with Crippen LogP contribution in [-0.2, 0) is 6.42 Å². The average Bonchev–Trinajstić information content (AvgIpc) is 2.83. The van der Waals surface area contributed by atoms with Crippen LogP contribution >= 0.6 is 11.3 Å². The Morgan fingerprint density at radius 3 is 2.80 bits per heavy atom. The molecular weight excluding hydrogens is 274 g/mol. The molecule has 1 aromatic rings. The van der Waals surface area contributed by atoms with E-state index in [4.69, 9.17) is 5.11 Å². The quantitative estimate of drug-likeness (QED) is 0.691. The zero-order chi connectivity index (χ0) is 15.0. The number of aliphatic hydroxyl groups is 1. The van der Waals surface area contributed by atoms with Gasteiger partial charge in [0.15, 0.2) is 5.13 Å². The van der Waals surface area contributed by atoms with E-state index in [1.54, 1.807) is 0 Å². The number of aryl methyl sites for hydroxylation is 1. The zero-order valence-electron chi connectivity index (χ0n) is 12.5. The first-order valence-electron chi connectivity index (χ1n) is 7.15. The van der Waals surface area contributed by atoms with Gasteiger partial charge in [0.05, 0.1) is 5.69 Å². The molecule has 0 aliphatic rings. The van der Waals surface area contributed by atoms with E-state index in [9.17, 15) is 4.79 Å². The van der Waals surface area contributed by atoms with Gasteiger partial charge in [0.2, 0.25) is 0 Å². The van der Waals surface area contributed by atoms with Gasteiger partial charge in [-0.05, 0) is 31.1 Å². The fraction of sp³-hybridized carbons (Fsp3) is 0.714. The summed E-state index contributed by atoms with van der Waals surface area (Å²) in [7, 11) is 0. The van der Waals surface area contributed by atoms with Crippen LogP contribution in [0.3, 0.4) is 0 Å². The summed E-state index contributed by atoms with van der Waals surface area (Å²) in [6.45, 7) is 7.06. The highest BCUT2D eigenvalue weighted by atomic mass is 32.1. The summed E-state index contributed by atoms with van der Waals surface area (Å²) in [5.41, 5.74) is 0.989. The fourth-order valence-electron chi connectivity index (χ4n) is 2.06. The highest BCUT2D eigenvalue weighted by molar-refractivity contribution is 7.13. The second kappa shape index (κ2) is 8.92. The van der Waals surface area contributed by atoms with E-state index in [0.717, 1.165) is 25.0 Å². The summed E-state index contributed by atoms with van der Waals surface area (Å²) < 4.78 is 0. The Labute approximate surface area is 124 Å². The number of urea groups is 1. The molecule has 114 valence electrons. The molecule has 0 aliphatic heterocycles. The standard InChI is InChI=1S/C14H25N3O2S/c1-4-12-9-20-14(16-12)17-13(19)15-8-11(5-6-18)7-10(2)3/h9-11,18H,4-8H2,1-3H3,(H2,15,16,17,19). The van der Waals surface area contributed by atoms with E-state index >= 15 is 0 Å². The number of nitrogens with zero attached hydrogens (tertiary/aromatic N) is 1. The molecule has 0 saturated heterocycles. The first-order valence-corrected chi connectivity index (χ1v) is 8.03. The predicted molar refractivity (Wildman–Crippen MR) is 83.2 cm³/mol. The highest BCUT2D eigenvalue weighted by Gasteiger charge is 2.12. The van der Waals surface area contributed by atoms with Gasteiger partial charge < -0.3 is 10.4 Å². The molecule has 0 aromatic carbocycles. The Hall–Kier alpha value is -1.14. The van der Waals surface area contributed by atoms with E-state index in [2.05, 4.69) is 29.5 Å². The number of anilines is 1. The second-order valence-corrected chi connectivity index (χ2v) is 6.20. The summed E-state index contributed by atoms with van der Waals surface area (Å²) >= 11 is 1.43. The van der Waals surface area contributed by atoms with E-state index in [-0.39, 0.29) is 12.6 Å². The largest absolute Gasteiger partial charge is 0.396 e.